The van der Waals surface area contributed by atoms with Gasteiger partial charge < -0.3 is 19.1 Å². The molecule has 0 bridgehead atoms. The van der Waals surface area contributed by atoms with Gasteiger partial charge in [-0.2, -0.15) is 8.78 Å². The van der Waals surface area contributed by atoms with Gasteiger partial charge in [-0.15, -0.1) is 0 Å². The van der Waals surface area contributed by atoms with Gasteiger partial charge in [0.2, 0.25) is 0 Å². The standard InChI is InChI=1S/C24H22F6N2O4/c25-17-3-2-16(14-18(17)26)35-20-5-8-32(22(20)33)15-1-4-19(21(13-15)36-23(27)28)34-12-11-31-9-6-24(29,30)7-10-31/h1-5,13-14,23H,6-12H2. The van der Waals surface area contributed by atoms with Crippen LogP contribution >= 0.6 is 0 Å². The van der Waals surface area contributed by atoms with Crippen molar-refractivity contribution >= 4 is 11.6 Å². The number of benzene rings is 2. The summed E-state index contributed by atoms with van der Waals surface area (Å²) in [7, 11) is 0. The van der Waals surface area contributed by atoms with E-state index in [1.54, 1.807) is 4.90 Å². The number of rotatable bonds is 9. The number of ether oxygens (including phenoxy) is 3. The number of hydrogen-bond acceptors (Lipinski definition) is 5. The number of amides is 1. The molecule has 2 aromatic carbocycles. The molecule has 2 aromatic rings. The third kappa shape index (κ3) is 6.23. The molecule has 2 heterocycles. The number of anilines is 1. The van der Waals surface area contributed by atoms with E-state index in [0.717, 1.165) is 18.2 Å². The van der Waals surface area contributed by atoms with Crippen LogP contribution in [0.2, 0.25) is 0 Å². The molecule has 0 unspecified atom stereocenters. The van der Waals surface area contributed by atoms with Gasteiger partial charge in [-0.25, -0.2) is 17.6 Å². The van der Waals surface area contributed by atoms with Crippen molar-refractivity contribution < 1.29 is 45.3 Å². The van der Waals surface area contributed by atoms with E-state index in [-0.39, 0.29) is 67.8 Å². The molecule has 36 heavy (non-hydrogen) atoms. The largest absolute Gasteiger partial charge is 0.488 e. The molecule has 2 aliphatic rings. The maximum absolute atomic E-state index is 13.4. The molecule has 0 N–H and O–H groups in total. The van der Waals surface area contributed by atoms with Gasteiger partial charge in [0.1, 0.15) is 12.4 Å². The number of piperidine rings is 1. The van der Waals surface area contributed by atoms with Gasteiger partial charge in [0.05, 0.1) is 0 Å². The monoisotopic (exact) mass is 516 g/mol. The van der Waals surface area contributed by atoms with Gasteiger partial charge in [-0.05, 0) is 30.3 Å². The first kappa shape index (κ1) is 25.7. The Labute approximate surface area is 202 Å². The zero-order valence-corrected chi connectivity index (χ0v) is 18.9. The van der Waals surface area contributed by atoms with Gasteiger partial charge >= 0.3 is 6.61 Å². The highest BCUT2D eigenvalue weighted by Gasteiger charge is 2.34. The van der Waals surface area contributed by atoms with Crippen molar-refractivity contribution in [2.24, 2.45) is 0 Å². The zero-order chi connectivity index (χ0) is 25.9. The second kappa shape index (κ2) is 10.7. The molecule has 0 saturated carbocycles. The lowest BCUT2D eigenvalue weighted by Crippen LogP contribution is -2.41. The molecule has 194 valence electrons. The van der Waals surface area contributed by atoms with Crippen LogP contribution in [0, 0.1) is 11.6 Å². The van der Waals surface area contributed by atoms with Gasteiger partial charge in [0, 0.05) is 56.8 Å². The second-order valence-corrected chi connectivity index (χ2v) is 8.22. The molecule has 0 atom stereocenters. The molecule has 2 aliphatic heterocycles. The summed E-state index contributed by atoms with van der Waals surface area (Å²) >= 11 is 0. The minimum atomic E-state index is -3.16. The van der Waals surface area contributed by atoms with E-state index in [1.807, 2.05) is 0 Å². The van der Waals surface area contributed by atoms with Crippen LogP contribution in [-0.2, 0) is 4.79 Å². The summed E-state index contributed by atoms with van der Waals surface area (Å²) < 4.78 is 94.6. The van der Waals surface area contributed by atoms with E-state index in [9.17, 15) is 31.1 Å². The van der Waals surface area contributed by atoms with Crippen LogP contribution in [0.5, 0.6) is 17.2 Å². The molecular formula is C24H22F6N2O4. The summed E-state index contributed by atoms with van der Waals surface area (Å²) in [4.78, 5) is 15.8. The number of carbonyl (C=O) groups excluding carboxylic acids is 1. The van der Waals surface area contributed by atoms with Gasteiger partial charge in [-0.3, -0.25) is 9.69 Å². The Hall–Kier alpha value is -3.41. The van der Waals surface area contributed by atoms with Crippen molar-refractivity contribution in [1.29, 1.82) is 0 Å². The first-order valence-corrected chi connectivity index (χ1v) is 11.1. The lowest BCUT2D eigenvalue weighted by atomic mass is 10.1. The summed E-state index contributed by atoms with van der Waals surface area (Å²) in [5.41, 5.74) is 0.210. The fraction of sp³-hybridized carbons (Fsp3) is 0.375. The van der Waals surface area contributed by atoms with E-state index >= 15 is 0 Å². The van der Waals surface area contributed by atoms with Gasteiger partial charge in [0.25, 0.3) is 11.8 Å². The number of nitrogens with zero attached hydrogens (tertiary/aromatic N) is 2. The predicted molar refractivity (Wildman–Crippen MR) is 117 cm³/mol. The molecule has 1 saturated heterocycles. The fourth-order valence-corrected chi connectivity index (χ4v) is 3.81. The number of halogens is 6. The molecule has 1 fully saturated rings. The Kier molecular flexibility index (Phi) is 7.62. The van der Waals surface area contributed by atoms with Crippen LogP contribution in [0.4, 0.5) is 32.0 Å². The summed E-state index contributed by atoms with van der Waals surface area (Å²) in [5, 5.41) is 0. The van der Waals surface area contributed by atoms with Crippen LogP contribution in [-0.4, -0.2) is 56.1 Å². The van der Waals surface area contributed by atoms with Crippen LogP contribution in [0.3, 0.4) is 0 Å². The van der Waals surface area contributed by atoms with E-state index in [1.165, 1.54) is 29.2 Å². The van der Waals surface area contributed by atoms with E-state index in [0.29, 0.717) is 6.54 Å². The van der Waals surface area contributed by atoms with Crippen LogP contribution in [0.25, 0.3) is 0 Å². The Balaban J connectivity index is 1.40. The van der Waals surface area contributed by atoms with Crippen LogP contribution < -0.4 is 19.1 Å². The maximum Gasteiger partial charge on any atom is 0.387 e. The minimum Gasteiger partial charge on any atom is -0.488 e. The minimum absolute atomic E-state index is 0.000690. The van der Waals surface area contributed by atoms with Crippen molar-refractivity contribution in [2.75, 3.05) is 37.7 Å². The average Bonchev–Trinajstić information content (AvgIpc) is 3.18. The molecule has 0 aromatic heterocycles. The van der Waals surface area contributed by atoms with E-state index < -0.39 is 30.1 Å². The van der Waals surface area contributed by atoms with E-state index in [4.69, 9.17) is 9.47 Å². The highest BCUT2D eigenvalue weighted by Crippen LogP contribution is 2.35. The Morgan fingerprint density at radius 3 is 2.42 bits per heavy atom. The summed E-state index contributed by atoms with van der Waals surface area (Å²) in [6.45, 7) is -2.34. The highest BCUT2D eigenvalue weighted by molar-refractivity contribution is 6.07. The van der Waals surface area contributed by atoms with Crippen molar-refractivity contribution in [3.05, 3.63) is 59.9 Å². The lowest BCUT2D eigenvalue weighted by Gasteiger charge is -2.31. The molecule has 4 rings (SSSR count). The van der Waals surface area contributed by atoms with Crippen molar-refractivity contribution in [1.82, 2.24) is 4.90 Å². The topological polar surface area (TPSA) is 51.2 Å². The Bertz CT molecular complexity index is 1130. The normalized spacial score (nSPS) is 17.9. The molecule has 1 amide bonds. The summed E-state index contributed by atoms with van der Waals surface area (Å²) in [6, 6.07) is 6.83. The number of alkyl halides is 4. The van der Waals surface area contributed by atoms with Crippen molar-refractivity contribution in [2.45, 2.75) is 25.4 Å². The Morgan fingerprint density at radius 2 is 1.72 bits per heavy atom. The van der Waals surface area contributed by atoms with E-state index in [2.05, 4.69) is 4.74 Å². The molecule has 0 spiro atoms. The van der Waals surface area contributed by atoms with Crippen LogP contribution in [0.1, 0.15) is 12.8 Å². The number of carbonyl (C=O) groups is 1. The highest BCUT2D eigenvalue weighted by atomic mass is 19.3. The number of hydrogen-bond donors (Lipinski definition) is 0. The third-order valence-corrected chi connectivity index (χ3v) is 5.74. The third-order valence-electron chi connectivity index (χ3n) is 5.74. The SMILES string of the molecule is O=C1C(Oc2ccc(F)c(F)c2)=CCN1c1ccc(OCCN2CCC(F)(F)CC2)c(OC(F)F)c1. The maximum atomic E-state index is 13.4. The smallest absolute Gasteiger partial charge is 0.387 e. The number of likely N-dealkylation sites (tertiary alicyclic amines) is 1. The molecule has 0 aliphatic carbocycles. The van der Waals surface area contributed by atoms with Gasteiger partial charge in [-0.1, -0.05) is 0 Å². The van der Waals surface area contributed by atoms with Gasteiger partial charge in [0.15, 0.2) is 28.9 Å². The first-order valence-electron chi connectivity index (χ1n) is 11.1. The van der Waals surface area contributed by atoms with Crippen molar-refractivity contribution in [3.8, 4) is 17.2 Å². The molecule has 6 nitrogen and oxygen atoms in total. The Morgan fingerprint density at radius 1 is 0.972 bits per heavy atom. The first-order chi connectivity index (χ1) is 17.1. The molecule has 12 heteroatoms. The average molecular weight is 516 g/mol. The summed E-state index contributed by atoms with van der Waals surface area (Å²) in [6.07, 6.45) is 0.909. The fourth-order valence-electron chi connectivity index (χ4n) is 3.81. The zero-order valence-electron chi connectivity index (χ0n) is 18.9. The second-order valence-electron chi connectivity index (χ2n) is 8.22. The van der Waals surface area contributed by atoms with Crippen LogP contribution in [0.15, 0.2) is 48.2 Å². The lowest BCUT2D eigenvalue weighted by molar-refractivity contribution is -0.116. The molecule has 0 radical (unpaired) electrons. The predicted octanol–water partition coefficient (Wildman–Crippen LogP) is 4.99. The quantitative estimate of drug-likeness (QED) is 0.440. The molecular weight excluding hydrogens is 494 g/mol. The summed E-state index contributed by atoms with van der Waals surface area (Å²) in [5.74, 6) is -6.05. The van der Waals surface area contributed by atoms with Crippen molar-refractivity contribution in [3.63, 3.8) is 0 Å².